The number of carbonyl (C=O) groups excluding carboxylic acids is 1. The molecular formula is C24H27BrN4O5. The van der Waals surface area contributed by atoms with E-state index in [2.05, 4.69) is 68.4 Å². The Labute approximate surface area is 206 Å². The number of benzene rings is 2. The standard InChI is InChI=1S/C20H23BrN4O.C4H4O4/c1-23-10-12-24(13-11-23)20(26)22-17-14-16(21)6-7-19(17)25-9-8-15-4-2-3-5-18(15)25;5-3(6)1-2-4(7)8/h2-7,14H,8-13H2,1H3,(H,22,26);1-2H,(H,5,6)(H,7,8)/b;2-1-. The molecule has 1 saturated heterocycles. The third kappa shape index (κ3) is 6.82. The molecule has 180 valence electrons. The lowest BCUT2D eigenvalue weighted by Crippen LogP contribution is -2.48. The van der Waals surface area contributed by atoms with Gasteiger partial charge in [0.05, 0.1) is 11.4 Å². The van der Waals surface area contributed by atoms with Crippen molar-refractivity contribution in [2.45, 2.75) is 6.42 Å². The molecule has 10 heteroatoms. The number of carboxylic acids is 2. The predicted octanol–water partition coefficient (Wildman–Crippen LogP) is 3.63. The van der Waals surface area contributed by atoms with E-state index in [1.807, 2.05) is 17.0 Å². The Morgan fingerprint density at radius 3 is 2.21 bits per heavy atom. The Balaban J connectivity index is 0.000000350. The van der Waals surface area contributed by atoms with Crippen LogP contribution in [0.3, 0.4) is 0 Å². The maximum atomic E-state index is 12.8. The summed E-state index contributed by atoms with van der Waals surface area (Å²) in [7, 11) is 2.09. The molecule has 2 aliphatic rings. The number of hydrogen-bond donors (Lipinski definition) is 3. The number of urea groups is 1. The van der Waals surface area contributed by atoms with Crippen molar-refractivity contribution in [2.75, 3.05) is 50.0 Å². The first-order valence-corrected chi connectivity index (χ1v) is 11.6. The van der Waals surface area contributed by atoms with Crippen LogP contribution in [0.15, 0.2) is 59.1 Å². The zero-order chi connectivity index (χ0) is 24.7. The minimum atomic E-state index is -1.26. The molecule has 0 aromatic heterocycles. The summed E-state index contributed by atoms with van der Waals surface area (Å²) in [5.41, 5.74) is 4.47. The highest BCUT2D eigenvalue weighted by Gasteiger charge is 2.24. The summed E-state index contributed by atoms with van der Waals surface area (Å²) >= 11 is 3.54. The largest absolute Gasteiger partial charge is 0.478 e. The lowest BCUT2D eigenvalue weighted by atomic mass is 10.2. The Bertz CT molecular complexity index is 1070. The Kier molecular flexibility index (Phi) is 8.67. The number of likely N-dealkylation sites (N-methyl/N-ethyl adjacent to an activating group) is 1. The highest BCUT2D eigenvalue weighted by molar-refractivity contribution is 9.10. The summed E-state index contributed by atoms with van der Waals surface area (Å²) in [5, 5.41) is 18.8. The molecule has 1 fully saturated rings. The number of anilines is 3. The highest BCUT2D eigenvalue weighted by atomic mass is 79.9. The van der Waals surface area contributed by atoms with Crippen LogP contribution in [0.25, 0.3) is 0 Å². The quantitative estimate of drug-likeness (QED) is 0.517. The van der Waals surface area contributed by atoms with E-state index >= 15 is 0 Å². The molecular weight excluding hydrogens is 504 g/mol. The number of aliphatic carboxylic acids is 2. The third-order valence-corrected chi connectivity index (χ3v) is 6.03. The molecule has 0 unspecified atom stereocenters. The monoisotopic (exact) mass is 530 g/mol. The van der Waals surface area contributed by atoms with Gasteiger partial charge in [-0.05, 0) is 43.3 Å². The molecule has 9 nitrogen and oxygen atoms in total. The second-order valence-electron chi connectivity index (χ2n) is 7.92. The number of rotatable bonds is 4. The summed E-state index contributed by atoms with van der Waals surface area (Å²) in [5.74, 6) is -2.51. The van der Waals surface area contributed by atoms with E-state index < -0.39 is 11.9 Å². The number of amides is 2. The van der Waals surface area contributed by atoms with Crippen LogP contribution in [-0.4, -0.2) is 77.8 Å². The molecule has 0 atom stereocenters. The maximum absolute atomic E-state index is 12.8. The van der Waals surface area contributed by atoms with Crippen molar-refractivity contribution in [2.24, 2.45) is 0 Å². The van der Waals surface area contributed by atoms with Crippen LogP contribution in [0.5, 0.6) is 0 Å². The topological polar surface area (TPSA) is 113 Å². The average molecular weight is 531 g/mol. The zero-order valence-electron chi connectivity index (χ0n) is 18.8. The summed E-state index contributed by atoms with van der Waals surface area (Å²) in [6.07, 6.45) is 2.14. The van der Waals surface area contributed by atoms with E-state index in [9.17, 15) is 14.4 Å². The fraction of sp³-hybridized carbons (Fsp3) is 0.292. The first kappa shape index (κ1) is 25.3. The number of nitrogens with zero attached hydrogens (tertiary/aromatic N) is 3. The van der Waals surface area contributed by atoms with Gasteiger partial charge in [-0.25, -0.2) is 14.4 Å². The summed E-state index contributed by atoms with van der Waals surface area (Å²) in [4.78, 5) is 38.3. The lowest BCUT2D eigenvalue weighted by Gasteiger charge is -2.33. The fourth-order valence-electron chi connectivity index (χ4n) is 3.78. The summed E-state index contributed by atoms with van der Waals surface area (Å²) in [6, 6.07) is 14.5. The van der Waals surface area contributed by atoms with Gasteiger partial charge < -0.3 is 30.2 Å². The first-order chi connectivity index (χ1) is 16.2. The van der Waals surface area contributed by atoms with Crippen LogP contribution < -0.4 is 10.2 Å². The van der Waals surface area contributed by atoms with Crippen molar-refractivity contribution in [3.63, 3.8) is 0 Å². The van der Waals surface area contributed by atoms with Crippen molar-refractivity contribution in [3.05, 3.63) is 64.7 Å². The Morgan fingerprint density at radius 1 is 0.912 bits per heavy atom. The van der Waals surface area contributed by atoms with E-state index in [0.29, 0.717) is 12.2 Å². The molecule has 2 amide bonds. The van der Waals surface area contributed by atoms with E-state index in [4.69, 9.17) is 10.2 Å². The maximum Gasteiger partial charge on any atom is 0.328 e. The molecule has 2 heterocycles. The van der Waals surface area contributed by atoms with Gasteiger partial charge in [0.25, 0.3) is 0 Å². The van der Waals surface area contributed by atoms with Crippen molar-refractivity contribution >= 4 is 51.0 Å². The molecule has 0 spiro atoms. The van der Waals surface area contributed by atoms with Gasteiger partial charge in [-0.3, -0.25) is 0 Å². The number of halogens is 1. The summed E-state index contributed by atoms with van der Waals surface area (Å²) in [6.45, 7) is 4.28. The molecule has 2 aromatic rings. The fourth-order valence-corrected chi connectivity index (χ4v) is 4.14. The molecule has 2 aromatic carbocycles. The Morgan fingerprint density at radius 2 is 1.56 bits per heavy atom. The number of piperazine rings is 1. The van der Waals surface area contributed by atoms with Crippen LogP contribution >= 0.6 is 15.9 Å². The van der Waals surface area contributed by atoms with E-state index in [1.165, 1.54) is 11.3 Å². The van der Waals surface area contributed by atoms with Gasteiger partial charge in [-0.1, -0.05) is 34.1 Å². The normalized spacial score (nSPS) is 15.5. The molecule has 0 bridgehead atoms. The van der Waals surface area contributed by atoms with Crippen molar-refractivity contribution in [1.82, 2.24) is 9.80 Å². The van der Waals surface area contributed by atoms with Gasteiger partial charge in [0.15, 0.2) is 0 Å². The molecule has 0 aliphatic carbocycles. The molecule has 34 heavy (non-hydrogen) atoms. The number of fused-ring (bicyclic) bond motifs is 1. The highest BCUT2D eigenvalue weighted by Crippen LogP contribution is 2.39. The van der Waals surface area contributed by atoms with Crippen molar-refractivity contribution < 1.29 is 24.6 Å². The van der Waals surface area contributed by atoms with Crippen LogP contribution in [0.4, 0.5) is 21.9 Å². The van der Waals surface area contributed by atoms with Gasteiger partial charge >= 0.3 is 18.0 Å². The van der Waals surface area contributed by atoms with Crippen LogP contribution in [-0.2, 0) is 16.0 Å². The first-order valence-electron chi connectivity index (χ1n) is 10.8. The number of nitrogens with one attached hydrogen (secondary N) is 1. The van der Waals surface area contributed by atoms with Gasteiger partial charge in [0.2, 0.25) is 0 Å². The van der Waals surface area contributed by atoms with Crippen molar-refractivity contribution in [1.29, 1.82) is 0 Å². The average Bonchev–Trinajstić information content (AvgIpc) is 3.23. The van der Waals surface area contributed by atoms with Gasteiger partial charge in [0.1, 0.15) is 0 Å². The van der Waals surface area contributed by atoms with Crippen molar-refractivity contribution in [3.8, 4) is 0 Å². The van der Waals surface area contributed by atoms with Crippen LogP contribution in [0.2, 0.25) is 0 Å². The number of carbonyl (C=O) groups is 3. The summed E-state index contributed by atoms with van der Waals surface area (Å²) < 4.78 is 0.961. The van der Waals surface area contributed by atoms with E-state index in [-0.39, 0.29) is 6.03 Å². The van der Waals surface area contributed by atoms with Gasteiger partial charge in [-0.2, -0.15) is 0 Å². The predicted molar refractivity (Wildman–Crippen MR) is 134 cm³/mol. The van der Waals surface area contributed by atoms with Crippen LogP contribution in [0.1, 0.15) is 5.56 Å². The SMILES string of the molecule is CN1CCN(C(=O)Nc2cc(Br)ccc2N2CCc3ccccc32)CC1.O=C(O)/C=C\C(=O)O. The molecule has 0 radical (unpaired) electrons. The number of para-hydroxylation sites is 1. The minimum Gasteiger partial charge on any atom is -0.478 e. The van der Waals surface area contributed by atoms with Gasteiger partial charge in [-0.15, -0.1) is 0 Å². The van der Waals surface area contributed by atoms with E-state index in [0.717, 1.165) is 55.0 Å². The zero-order valence-corrected chi connectivity index (χ0v) is 20.4. The van der Waals surface area contributed by atoms with Crippen LogP contribution in [0, 0.1) is 0 Å². The van der Waals surface area contributed by atoms with Gasteiger partial charge in [0, 0.05) is 55.0 Å². The number of carboxylic acid groups (broad SMARTS) is 2. The second kappa shape index (κ2) is 11.7. The van der Waals surface area contributed by atoms with E-state index in [1.54, 1.807) is 0 Å². The number of hydrogen-bond acceptors (Lipinski definition) is 5. The lowest BCUT2D eigenvalue weighted by molar-refractivity contribution is -0.134. The molecule has 2 aliphatic heterocycles. The second-order valence-corrected chi connectivity index (χ2v) is 8.84. The molecule has 3 N–H and O–H groups in total. The smallest absolute Gasteiger partial charge is 0.328 e. The minimum absolute atomic E-state index is 0.0232. The molecule has 0 saturated carbocycles. The third-order valence-electron chi connectivity index (χ3n) is 5.54. The molecule has 4 rings (SSSR count). The Hall–Kier alpha value is -3.37.